The van der Waals surface area contributed by atoms with Crippen molar-refractivity contribution in [2.75, 3.05) is 40.0 Å². The van der Waals surface area contributed by atoms with Crippen LogP contribution in [-0.2, 0) is 9.53 Å². The first-order valence-corrected chi connectivity index (χ1v) is 14.4. The molecule has 0 bridgehead atoms. The number of carbonyl (C=O) groups is 1. The second-order valence-electron chi connectivity index (χ2n) is 8.71. The van der Waals surface area contributed by atoms with E-state index in [2.05, 4.69) is 52.9 Å². The third-order valence-electron chi connectivity index (χ3n) is 6.28. The van der Waals surface area contributed by atoms with E-state index in [1.807, 2.05) is 26.0 Å². The molecule has 2 aromatic carbocycles. The summed E-state index contributed by atoms with van der Waals surface area (Å²) in [6, 6.07) is 7.16. The molecule has 0 aliphatic carbocycles. The van der Waals surface area contributed by atoms with Gasteiger partial charge in [0.05, 0.1) is 41.9 Å². The number of halogens is 3. The third-order valence-corrected chi connectivity index (χ3v) is 8.91. The minimum atomic E-state index is -0.258. The van der Waals surface area contributed by atoms with E-state index in [0.717, 1.165) is 10.9 Å². The van der Waals surface area contributed by atoms with Gasteiger partial charge in [-0.25, -0.2) is 4.98 Å². The zero-order valence-electron chi connectivity index (χ0n) is 21.2. The normalized spacial score (nSPS) is 14.7. The van der Waals surface area contributed by atoms with Gasteiger partial charge >= 0.3 is 0 Å². The van der Waals surface area contributed by atoms with Gasteiger partial charge in [0.2, 0.25) is 0 Å². The fourth-order valence-electron chi connectivity index (χ4n) is 3.92. The molecule has 0 N–H and O–H groups in total. The van der Waals surface area contributed by atoms with E-state index in [-0.39, 0.29) is 24.0 Å². The van der Waals surface area contributed by atoms with Crippen LogP contribution in [0.25, 0.3) is 10.9 Å². The van der Waals surface area contributed by atoms with Crippen LogP contribution < -0.4 is 15.0 Å². The largest absolute Gasteiger partial charge is 0.493 e. The molecule has 1 saturated heterocycles. The summed E-state index contributed by atoms with van der Waals surface area (Å²) in [4.78, 5) is 32.5. The average molecular weight is 715 g/mol. The maximum atomic E-state index is 13.4. The van der Waals surface area contributed by atoms with Gasteiger partial charge in [0, 0.05) is 33.5 Å². The molecular weight excluding hydrogens is 688 g/mol. The van der Waals surface area contributed by atoms with Gasteiger partial charge in [-0.05, 0) is 62.5 Å². The topological polar surface area (TPSA) is 95.2 Å². The number of fused-ring (bicyclic) bond motifs is 1. The third kappa shape index (κ3) is 6.13. The van der Waals surface area contributed by atoms with Crippen LogP contribution in [0.2, 0.25) is 0 Å². The number of nitrogens with zero attached hydrogens (tertiary/aromatic N) is 4. The number of ether oxygens (including phenoxy) is 3. The molecule has 1 aliphatic rings. The predicted octanol–water partition coefficient (Wildman–Crippen LogP) is 5.33. The molecule has 0 spiro atoms. The molecule has 38 heavy (non-hydrogen) atoms. The van der Waals surface area contributed by atoms with Gasteiger partial charge in [-0.1, -0.05) is 29.8 Å². The van der Waals surface area contributed by atoms with Crippen LogP contribution in [0.1, 0.15) is 37.6 Å². The Labute approximate surface area is 245 Å². The van der Waals surface area contributed by atoms with Gasteiger partial charge in [-0.15, -0.1) is 0 Å². The monoisotopic (exact) mass is 712 g/mol. The fourth-order valence-corrected chi connectivity index (χ4v) is 5.22. The second-order valence-corrected chi connectivity index (χ2v) is 11.2. The zero-order valence-corrected chi connectivity index (χ0v) is 25.9. The molecule has 2 heterocycles. The minimum Gasteiger partial charge on any atom is -0.493 e. The zero-order chi connectivity index (χ0) is 27.4. The number of aromatic nitrogens is 2. The Kier molecular flexibility index (Phi) is 9.61. The molecule has 1 atom stereocenters. The number of morpholine rings is 1. The molecule has 0 saturated carbocycles. The van der Waals surface area contributed by atoms with E-state index in [9.17, 15) is 9.59 Å². The van der Waals surface area contributed by atoms with E-state index >= 15 is 0 Å². The number of rotatable bonds is 8. The summed E-state index contributed by atoms with van der Waals surface area (Å²) >= 11 is 10.6. The molecule has 3 aromatic rings. The second kappa shape index (κ2) is 12.7. The Morgan fingerprint density at radius 3 is 2.63 bits per heavy atom. The van der Waals surface area contributed by atoms with Crippen molar-refractivity contribution < 1.29 is 19.0 Å². The van der Waals surface area contributed by atoms with Crippen LogP contribution in [0.3, 0.4) is 0 Å². The summed E-state index contributed by atoms with van der Waals surface area (Å²) in [6.07, 6.45) is 2.36. The molecule has 1 fully saturated rings. The van der Waals surface area contributed by atoms with Crippen molar-refractivity contribution in [1.82, 2.24) is 14.6 Å². The maximum absolute atomic E-state index is 13.4. The van der Waals surface area contributed by atoms with E-state index in [1.165, 1.54) is 11.8 Å². The highest BCUT2D eigenvalue weighted by atomic mass is 79.9. The average Bonchev–Trinajstić information content (AvgIpc) is 2.93. The van der Waals surface area contributed by atoms with Crippen molar-refractivity contribution in [3.8, 4) is 11.5 Å². The van der Waals surface area contributed by atoms with Gasteiger partial charge in [0.15, 0.2) is 18.1 Å². The fraction of sp³-hybridized carbons (Fsp3) is 0.385. The molecular formula is C26H27Br3N4O5. The van der Waals surface area contributed by atoms with Gasteiger partial charge in [-0.2, -0.15) is 9.78 Å². The summed E-state index contributed by atoms with van der Waals surface area (Å²) in [6.45, 7) is 6.03. The predicted molar refractivity (Wildman–Crippen MR) is 157 cm³/mol. The standard InChI is InChI=1S/C26H27Br3N4O5/c1-4-15(2)25-31-19-6-5-17(27)12-18(19)26(35)33(25)30-13-16-11-20(36-3)24(23(29)22(16)28)38-14-21(34)32-7-9-37-10-8-32/h5-6,11-13,15H,4,7-10,14H2,1-3H3/t15-/m0/s1. The van der Waals surface area contributed by atoms with Crippen LogP contribution >= 0.6 is 47.8 Å². The van der Waals surface area contributed by atoms with Gasteiger partial charge in [0.1, 0.15) is 5.82 Å². The molecule has 9 nitrogen and oxygen atoms in total. The van der Waals surface area contributed by atoms with Crippen molar-refractivity contribution in [2.45, 2.75) is 26.2 Å². The summed E-state index contributed by atoms with van der Waals surface area (Å²) < 4.78 is 20.1. The Balaban J connectivity index is 1.68. The number of carbonyl (C=O) groups excluding carboxylic acids is 1. The number of benzene rings is 2. The van der Waals surface area contributed by atoms with Crippen LogP contribution in [0.15, 0.2) is 47.6 Å². The number of methoxy groups -OCH3 is 1. The smallest absolute Gasteiger partial charge is 0.282 e. The maximum Gasteiger partial charge on any atom is 0.282 e. The summed E-state index contributed by atoms with van der Waals surface area (Å²) in [7, 11) is 1.52. The van der Waals surface area contributed by atoms with Crippen molar-refractivity contribution in [3.05, 3.63) is 59.4 Å². The molecule has 1 aromatic heterocycles. The van der Waals surface area contributed by atoms with Gasteiger partial charge in [-0.3, -0.25) is 9.59 Å². The molecule has 1 aliphatic heterocycles. The van der Waals surface area contributed by atoms with Crippen molar-refractivity contribution in [2.24, 2.45) is 5.10 Å². The van der Waals surface area contributed by atoms with Crippen LogP contribution in [0.5, 0.6) is 11.5 Å². The summed E-state index contributed by atoms with van der Waals surface area (Å²) in [5, 5.41) is 5.02. The first kappa shape index (κ1) is 28.7. The van der Waals surface area contributed by atoms with E-state index < -0.39 is 0 Å². The highest BCUT2D eigenvalue weighted by Crippen LogP contribution is 2.42. The molecule has 0 radical (unpaired) electrons. The van der Waals surface area contributed by atoms with Crippen molar-refractivity contribution in [1.29, 1.82) is 0 Å². The van der Waals surface area contributed by atoms with Crippen molar-refractivity contribution >= 4 is 70.8 Å². The van der Waals surface area contributed by atoms with Crippen molar-refractivity contribution in [3.63, 3.8) is 0 Å². The van der Waals surface area contributed by atoms with Crippen LogP contribution in [0, 0.1) is 0 Å². The number of hydrogen-bond acceptors (Lipinski definition) is 7. The minimum absolute atomic E-state index is 0.0115. The van der Waals surface area contributed by atoms with Gasteiger partial charge < -0.3 is 19.1 Å². The molecule has 0 unspecified atom stereocenters. The Hall–Kier alpha value is -2.28. The first-order chi connectivity index (χ1) is 18.2. The quantitative estimate of drug-likeness (QED) is 0.293. The molecule has 4 rings (SSSR count). The van der Waals surface area contributed by atoms with Crippen LogP contribution in [0.4, 0.5) is 0 Å². The highest BCUT2D eigenvalue weighted by Gasteiger charge is 2.22. The highest BCUT2D eigenvalue weighted by molar-refractivity contribution is 9.13. The van der Waals surface area contributed by atoms with E-state index in [1.54, 1.807) is 23.2 Å². The van der Waals surface area contributed by atoms with Gasteiger partial charge in [0.25, 0.3) is 11.5 Å². The van der Waals surface area contributed by atoms with E-state index in [4.69, 9.17) is 19.2 Å². The Morgan fingerprint density at radius 1 is 1.21 bits per heavy atom. The van der Waals surface area contributed by atoms with E-state index in [0.29, 0.717) is 69.0 Å². The SMILES string of the molecule is CC[C@H](C)c1nc2ccc(Br)cc2c(=O)n1N=Cc1cc(OC)c(OCC(=O)N2CCOCC2)c(Br)c1Br. The Bertz CT molecular complexity index is 1440. The first-order valence-electron chi connectivity index (χ1n) is 12.1. The lowest BCUT2D eigenvalue weighted by molar-refractivity contribution is -0.137. The lowest BCUT2D eigenvalue weighted by atomic mass is 10.1. The number of amides is 1. The summed E-state index contributed by atoms with van der Waals surface area (Å²) in [5.74, 6) is 1.25. The number of hydrogen-bond donors (Lipinski definition) is 0. The Morgan fingerprint density at radius 2 is 1.95 bits per heavy atom. The molecule has 12 heteroatoms. The molecule has 1 amide bonds. The summed E-state index contributed by atoms with van der Waals surface area (Å²) in [5.41, 5.74) is 1.00. The lowest BCUT2D eigenvalue weighted by Crippen LogP contribution is -2.43. The lowest BCUT2D eigenvalue weighted by Gasteiger charge is -2.27. The van der Waals surface area contributed by atoms with Crippen LogP contribution in [-0.4, -0.2) is 66.7 Å². The molecule has 202 valence electrons.